The highest BCUT2D eigenvalue weighted by Crippen LogP contribution is 2.27. The number of aromatic nitrogens is 3. The van der Waals surface area contributed by atoms with E-state index in [1.54, 1.807) is 29.2 Å². The molecule has 0 aliphatic carbocycles. The molecule has 7 heteroatoms. The molecule has 3 aromatic rings. The van der Waals surface area contributed by atoms with Gasteiger partial charge in [0.05, 0.1) is 32.7 Å². The molecule has 0 spiro atoms. The summed E-state index contributed by atoms with van der Waals surface area (Å²) in [6, 6.07) is 9.09. The van der Waals surface area contributed by atoms with E-state index in [-0.39, 0.29) is 5.91 Å². The summed E-state index contributed by atoms with van der Waals surface area (Å²) in [4.78, 5) is 17.1. The van der Waals surface area contributed by atoms with E-state index in [1.165, 1.54) is 0 Å². The smallest absolute Gasteiger partial charge is 0.255 e. The third-order valence-corrected chi connectivity index (χ3v) is 5.08. The van der Waals surface area contributed by atoms with Crippen molar-refractivity contribution in [1.29, 1.82) is 0 Å². The fourth-order valence-electron chi connectivity index (χ4n) is 3.03. The predicted octanol–water partition coefficient (Wildman–Crippen LogP) is 5.01. The molecule has 0 fully saturated rings. The van der Waals surface area contributed by atoms with Crippen LogP contribution in [0.1, 0.15) is 41.2 Å². The summed E-state index contributed by atoms with van der Waals surface area (Å²) in [6.45, 7) is 6.50. The highest BCUT2D eigenvalue weighted by Gasteiger charge is 2.22. The van der Waals surface area contributed by atoms with E-state index in [2.05, 4.69) is 24.1 Å². The first kappa shape index (κ1) is 20.4. The minimum Gasteiger partial charge on any atom is -0.348 e. The third-order valence-electron chi connectivity index (χ3n) is 4.34. The lowest BCUT2D eigenvalue weighted by Crippen LogP contribution is -2.24. The van der Waals surface area contributed by atoms with Gasteiger partial charge in [-0.1, -0.05) is 43.1 Å². The van der Waals surface area contributed by atoms with Crippen LogP contribution < -0.4 is 5.32 Å². The predicted molar refractivity (Wildman–Crippen MR) is 112 cm³/mol. The molecule has 5 nitrogen and oxygen atoms in total. The number of benzene rings is 1. The van der Waals surface area contributed by atoms with E-state index >= 15 is 0 Å². The van der Waals surface area contributed by atoms with Crippen molar-refractivity contribution in [3.05, 3.63) is 75.3 Å². The van der Waals surface area contributed by atoms with Crippen molar-refractivity contribution in [2.75, 3.05) is 0 Å². The Bertz CT molecular complexity index is 984. The SMILES string of the molecule is Cc1c(C(=O)NCc2cccnc2)c(CC(C)C)nn1-c1ccc(Cl)c(Cl)c1. The van der Waals surface area contributed by atoms with Gasteiger partial charge in [0, 0.05) is 18.9 Å². The zero-order valence-electron chi connectivity index (χ0n) is 16.0. The van der Waals surface area contributed by atoms with Gasteiger partial charge in [-0.3, -0.25) is 9.78 Å². The van der Waals surface area contributed by atoms with Gasteiger partial charge >= 0.3 is 0 Å². The van der Waals surface area contributed by atoms with Crippen LogP contribution in [0, 0.1) is 12.8 Å². The zero-order chi connectivity index (χ0) is 20.3. The van der Waals surface area contributed by atoms with Crippen LogP contribution in [0.4, 0.5) is 0 Å². The maximum atomic E-state index is 13.0. The van der Waals surface area contributed by atoms with Crippen molar-refractivity contribution >= 4 is 29.1 Å². The van der Waals surface area contributed by atoms with Gasteiger partial charge < -0.3 is 5.32 Å². The second-order valence-electron chi connectivity index (χ2n) is 7.06. The topological polar surface area (TPSA) is 59.8 Å². The maximum absolute atomic E-state index is 13.0. The fourth-order valence-corrected chi connectivity index (χ4v) is 3.32. The monoisotopic (exact) mass is 416 g/mol. The highest BCUT2D eigenvalue weighted by atomic mass is 35.5. The number of nitrogens with zero attached hydrogens (tertiary/aromatic N) is 3. The fraction of sp³-hybridized carbons (Fsp3) is 0.286. The van der Waals surface area contributed by atoms with Gasteiger partial charge in [0.25, 0.3) is 5.91 Å². The number of halogens is 2. The largest absolute Gasteiger partial charge is 0.348 e. The number of hydrogen-bond acceptors (Lipinski definition) is 3. The van der Waals surface area contributed by atoms with Crippen molar-refractivity contribution in [1.82, 2.24) is 20.1 Å². The number of pyridine rings is 1. The standard InChI is InChI=1S/C21H22Cl2N4O/c1-13(2)9-19-20(21(28)25-12-15-5-4-8-24-11-15)14(3)27(26-19)16-6-7-17(22)18(23)10-16/h4-8,10-11,13H,9,12H2,1-3H3,(H,25,28). The van der Waals surface area contributed by atoms with Gasteiger partial charge in [-0.15, -0.1) is 0 Å². The van der Waals surface area contributed by atoms with Crippen molar-refractivity contribution in [2.45, 2.75) is 33.7 Å². The summed E-state index contributed by atoms with van der Waals surface area (Å²) in [7, 11) is 0. The van der Waals surface area contributed by atoms with Crippen LogP contribution >= 0.6 is 23.2 Å². The van der Waals surface area contributed by atoms with Gasteiger partial charge in [-0.2, -0.15) is 5.10 Å². The normalized spacial score (nSPS) is 11.1. The van der Waals surface area contributed by atoms with Crippen LogP contribution in [0.2, 0.25) is 10.0 Å². The van der Waals surface area contributed by atoms with Gasteiger partial charge in [0.2, 0.25) is 0 Å². The van der Waals surface area contributed by atoms with Crippen LogP contribution in [-0.4, -0.2) is 20.7 Å². The molecular weight excluding hydrogens is 395 g/mol. The Morgan fingerprint density at radius 2 is 2.00 bits per heavy atom. The molecule has 28 heavy (non-hydrogen) atoms. The third kappa shape index (κ3) is 4.54. The summed E-state index contributed by atoms with van der Waals surface area (Å²) in [5.74, 6) is 0.213. The van der Waals surface area contributed by atoms with E-state index in [4.69, 9.17) is 28.3 Å². The van der Waals surface area contributed by atoms with Crippen molar-refractivity contribution in [3.8, 4) is 5.69 Å². The summed E-state index contributed by atoms with van der Waals surface area (Å²) in [5.41, 5.74) is 3.84. The Morgan fingerprint density at radius 3 is 2.64 bits per heavy atom. The molecule has 0 saturated heterocycles. The van der Waals surface area contributed by atoms with Crippen LogP contribution in [0.3, 0.4) is 0 Å². The lowest BCUT2D eigenvalue weighted by Gasteiger charge is -2.08. The van der Waals surface area contributed by atoms with Gasteiger partial charge in [0.1, 0.15) is 0 Å². The molecule has 3 rings (SSSR count). The van der Waals surface area contributed by atoms with Gasteiger partial charge in [-0.05, 0) is 49.1 Å². The molecule has 0 aliphatic heterocycles. The summed E-state index contributed by atoms with van der Waals surface area (Å²) >= 11 is 12.2. The Hall–Kier alpha value is -2.37. The zero-order valence-corrected chi connectivity index (χ0v) is 17.6. The first-order valence-electron chi connectivity index (χ1n) is 9.07. The van der Waals surface area contributed by atoms with Crippen LogP contribution in [0.5, 0.6) is 0 Å². The van der Waals surface area contributed by atoms with Crippen molar-refractivity contribution in [2.24, 2.45) is 5.92 Å². The minimum atomic E-state index is -0.150. The van der Waals surface area contributed by atoms with E-state index < -0.39 is 0 Å². The molecule has 0 aliphatic rings. The van der Waals surface area contributed by atoms with Crippen LogP contribution in [0.25, 0.3) is 5.69 Å². The number of nitrogens with one attached hydrogen (secondary N) is 1. The van der Waals surface area contributed by atoms with Gasteiger partial charge in [0.15, 0.2) is 0 Å². The van der Waals surface area contributed by atoms with Crippen molar-refractivity contribution < 1.29 is 4.79 Å². The Balaban J connectivity index is 1.95. The molecule has 1 amide bonds. The van der Waals surface area contributed by atoms with Crippen LogP contribution in [-0.2, 0) is 13.0 Å². The molecular formula is C21H22Cl2N4O. The lowest BCUT2D eigenvalue weighted by molar-refractivity contribution is 0.0949. The molecule has 1 aromatic carbocycles. The molecule has 0 bridgehead atoms. The lowest BCUT2D eigenvalue weighted by atomic mass is 10.0. The molecule has 1 N–H and O–H groups in total. The average Bonchev–Trinajstić information content (AvgIpc) is 2.98. The quantitative estimate of drug-likeness (QED) is 0.613. The molecule has 0 radical (unpaired) electrons. The average molecular weight is 417 g/mol. The second kappa shape index (κ2) is 8.76. The van der Waals surface area contributed by atoms with E-state index in [0.717, 1.165) is 22.6 Å². The summed E-state index contributed by atoms with van der Waals surface area (Å²) in [6.07, 6.45) is 4.14. The Morgan fingerprint density at radius 1 is 1.21 bits per heavy atom. The Labute approximate surface area is 174 Å². The van der Waals surface area contributed by atoms with Crippen molar-refractivity contribution in [3.63, 3.8) is 0 Å². The molecule has 2 aromatic heterocycles. The number of rotatable bonds is 6. The first-order chi connectivity index (χ1) is 13.4. The van der Waals surface area contributed by atoms with E-state index in [9.17, 15) is 4.79 Å². The number of hydrogen-bond donors (Lipinski definition) is 1. The summed E-state index contributed by atoms with van der Waals surface area (Å²) < 4.78 is 1.75. The summed E-state index contributed by atoms with van der Waals surface area (Å²) in [5, 5.41) is 8.61. The number of carbonyl (C=O) groups is 1. The highest BCUT2D eigenvalue weighted by molar-refractivity contribution is 6.42. The van der Waals surface area contributed by atoms with Crippen LogP contribution in [0.15, 0.2) is 42.7 Å². The molecule has 146 valence electrons. The van der Waals surface area contributed by atoms with E-state index in [1.807, 2.05) is 25.1 Å². The minimum absolute atomic E-state index is 0.150. The maximum Gasteiger partial charge on any atom is 0.255 e. The molecule has 0 saturated carbocycles. The van der Waals surface area contributed by atoms with Gasteiger partial charge in [-0.25, -0.2) is 4.68 Å². The second-order valence-corrected chi connectivity index (χ2v) is 7.87. The molecule has 0 unspecified atom stereocenters. The molecule has 2 heterocycles. The molecule has 0 atom stereocenters. The Kier molecular flexibility index (Phi) is 6.37. The number of carbonyl (C=O) groups excluding carboxylic acids is 1. The number of amides is 1. The first-order valence-corrected chi connectivity index (χ1v) is 9.83. The van der Waals surface area contributed by atoms with E-state index in [0.29, 0.717) is 34.5 Å².